The lowest BCUT2D eigenvalue weighted by Crippen LogP contribution is -2.50. The minimum absolute atomic E-state index is 0.0637. The average Bonchev–Trinajstić information content (AvgIpc) is 2.45. The number of hydrogen-bond donors (Lipinski definition) is 2. The van der Waals surface area contributed by atoms with Crippen molar-refractivity contribution in [2.24, 2.45) is 0 Å². The molecule has 0 heterocycles. The van der Waals surface area contributed by atoms with Gasteiger partial charge in [0.05, 0.1) is 0 Å². The number of amides is 1. The van der Waals surface area contributed by atoms with Crippen LogP contribution in [0.15, 0.2) is 0 Å². The van der Waals surface area contributed by atoms with E-state index in [1.165, 1.54) is 0 Å². The quantitative estimate of drug-likeness (QED) is 0.482. The van der Waals surface area contributed by atoms with Crippen molar-refractivity contribution in [3.05, 3.63) is 0 Å². The number of carboxylic acids is 1. The van der Waals surface area contributed by atoms with Crippen LogP contribution in [-0.2, 0) is 14.0 Å². The van der Waals surface area contributed by atoms with Crippen molar-refractivity contribution in [1.82, 2.24) is 5.32 Å². The molecule has 0 bridgehead atoms. The molecule has 0 spiro atoms. The van der Waals surface area contributed by atoms with E-state index in [2.05, 4.69) is 46.9 Å². The van der Waals surface area contributed by atoms with Crippen LogP contribution < -0.4 is 5.32 Å². The summed E-state index contributed by atoms with van der Waals surface area (Å²) in [6.07, 6.45) is 0.0900. The number of alkyl carbamates (subject to hydrolysis) is 1. The second-order valence-electron chi connectivity index (χ2n) is 9.36. The number of ether oxygens (including phenoxy) is 1. The molecular formula is C20H41NO5Si. The van der Waals surface area contributed by atoms with E-state index in [-0.39, 0.29) is 6.10 Å². The number of carbonyl (C=O) groups is 2. The molecule has 7 heteroatoms. The van der Waals surface area contributed by atoms with Gasteiger partial charge in [0.1, 0.15) is 11.6 Å². The van der Waals surface area contributed by atoms with E-state index < -0.39 is 32.0 Å². The van der Waals surface area contributed by atoms with Crippen LogP contribution in [0.2, 0.25) is 16.6 Å². The zero-order chi connectivity index (χ0) is 21.6. The highest BCUT2D eigenvalue weighted by molar-refractivity contribution is 6.77. The summed E-state index contributed by atoms with van der Waals surface area (Å²) in [7, 11) is -2.01. The van der Waals surface area contributed by atoms with Crippen LogP contribution in [0, 0.1) is 0 Å². The molecule has 0 saturated heterocycles. The van der Waals surface area contributed by atoms with Crippen LogP contribution in [0.5, 0.6) is 0 Å². The third kappa shape index (κ3) is 8.21. The van der Waals surface area contributed by atoms with Gasteiger partial charge < -0.3 is 19.6 Å². The molecule has 1 amide bonds. The van der Waals surface area contributed by atoms with Crippen molar-refractivity contribution in [3.63, 3.8) is 0 Å². The monoisotopic (exact) mass is 403 g/mol. The maximum atomic E-state index is 11.9. The van der Waals surface area contributed by atoms with E-state index in [9.17, 15) is 14.7 Å². The predicted molar refractivity (Wildman–Crippen MR) is 112 cm³/mol. The molecule has 0 aromatic rings. The maximum absolute atomic E-state index is 11.9. The van der Waals surface area contributed by atoms with Crippen LogP contribution in [0.1, 0.15) is 82.1 Å². The first-order valence-electron chi connectivity index (χ1n) is 10.0. The van der Waals surface area contributed by atoms with E-state index in [0.29, 0.717) is 29.5 Å². The first-order valence-corrected chi connectivity index (χ1v) is 12.2. The molecule has 0 aliphatic heterocycles. The molecule has 1 unspecified atom stereocenters. The second-order valence-corrected chi connectivity index (χ2v) is 14.8. The van der Waals surface area contributed by atoms with Gasteiger partial charge in [0.15, 0.2) is 0 Å². The highest BCUT2D eigenvalue weighted by Gasteiger charge is 2.46. The predicted octanol–water partition coefficient (Wildman–Crippen LogP) is 5.33. The smallest absolute Gasteiger partial charge is 0.408 e. The van der Waals surface area contributed by atoms with E-state index in [4.69, 9.17) is 9.16 Å². The lowest BCUT2D eigenvalue weighted by Gasteiger charge is -2.44. The Labute approximate surface area is 166 Å². The Bertz CT molecular complexity index is 463. The molecule has 0 rings (SSSR count). The standard InChI is InChI=1S/C20H41NO5Si/c1-13(2)27(14(3)4,15(5)6)26-16(7)11-12-17(18(22)23)21-19(24)25-20(8,9)10/h13-17H,11-12H2,1-10H3,(H,21,24)(H,22,23)/t16?,17-/m0/s1. The van der Waals surface area contributed by atoms with Crippen molar-refractivity contribution < 1.29 is 23.9 Å². The largest absolute Gasteiger partial charge is 0.480 e. The number of rotatable bonds is 10. The zero-order valence-corrected chi connectivity index (χ0v) is 19.9. The topological polar surface area (TPSA) is 84.9 Å². The van der Waals surface area contributed by atoms with Crippen LogP contribution in [0.3, 0.4) is 0 Å². The van der Waals surface area contributed by atoms with Crippen molar-refractivity contribution >= 4 is 20.4 Å². The summed E-state index contributed by atoms with van der Waals surface area (Å²) < 4.78 is 11.8. The second kappa shape index (κ2) is 10.5. The molecule has 160 valence electrons. The summed E-state index contributed by atoms with van der Waals surface area (Å²) >= 11 is 0. The Morgan fingerprint density at radius 2 is 1.37 bits per heavy atom. The van der Waals surface area contributed by atoms with Gasteiger partial charge in [0, 0.05) is 6.10 Å². The van der Waals surface area contributed by atoms with Gasteiger partial charge in [-0.15, -0.1) is 0 Å². The van der Waals surface area contributed by atoms with E-state index in [0.717, 1.165) is 0 Å². The Kier molecular flexibility index (Phi) is 10.0. The molecule has 0 saturated carbocycles. The first-order chi connectivity index (χ1) is 12.1. The maximum Gasteiger partial charge on any atom is 0.408 e. The van der Waals surface area contributed by atoms with Crippen LogP contribution in [0.25, 0.3) is 0 Å². The molecule has 27 heavy (non-hydrogen) atoms. The number of carbonyl (C=O) groups excluding carboxylic acids is 1. The fourth-order valence-electron chi connectivity index (χ4n) is 3.92. The Hall–Kier alpha value is -1.08. The average molecular weight is 404 g/mol. The van der Waals surface area contributed by atoms with E-state index >= 15 is 0 Å². The van der Waals surface area contributed by atoms with Gasteiger partial charge in [-0.1, -0.05) is 41.5 Å². The van der Waals surface area contributed by atoms with Gasteiger partial charge in [-0.2, -0.15) is 0 Å². The number of aliphatic carboxylic acids is 1. The van der Waals surface area contributed by atoms with Gasteiger partial charge in [-0.05, 0) is 57.2 Å². The summed E-state index contributed by atoms with van der Waals surface area (Å²) in [4.78, 5) is 23.4. The number of hydrogen-bond acceptors (Lipinski definition) is 4. The molecule has 0 fully saturated rings. The van der Waals surface area contributed by atoms with Crippen molar-refractivity contribution in [1.29, 1.82) is 0 Å². The zero-order valence-electron chi connectivity index (χ0n) is 18.9. The minimum Gasteiger partial charge on any atom is -0.480 e. The third-order valence-electron chi connectivity index (χ3n) is 4.96. The molecule has 0 aromatic carbocycles. The summed E-state index contributed by atoms with van der Waals surface area (Å²) in [6, 6.07) is -0.987. The van der Waals surface area contributed by atoms with Crippen LogP contribution >= 0.6 is 0 Å². The summed E-state index contributed by atoms with van der Waals surface area (Å²) in [5, 5.41) is 11.9. The number of carboxylic acid groups (broad SMARTS) is 1. The highest BCUT2D eigenvalue weighted by atomic mass is 28.4. The summed E-state index contributed by atoms with van der Waals surface area (Å²) in [5.41, 5.74) is 0.737. The van der Waals surface area contributed by atoms with Gasteiger partial charge in [-0.25, -0.2) is 9.59 Å². The van der Waals surface area contributed by atoms with Gasteiger partial charge in [0.2, 0.25) is 8.32 Å². The van der Waals surface area contributed by atoms with Gasteiger partial charge in [-0.3, -0.25) is 0 Å². The van der Waals surface area contributed by atoms with Crippen LogP contribution in [0.4, 0.5) is 4.79 Å². The fraction of sp³-hybridized carbons (Fsp3) is 0.900. The van der Waals surface area contributed by atoms with Gasteiger partial charge in [0.25, 0.3) is 0 Å². The Balaban J connectivity index is 4.98. The molecule has 0 aliphatic carbocycles. The summed E-state index contributed by atoms with van der Waals surface area (Å²) in [5.74, 6) is -1.06. The molecule has 0 radical (unpaired) electrons. The molecule has 2 N–H and O–H groups in total. The van der Waals surface area contributed by atoms with Crippen molar-refractivity contribution in [3.8, 4) is 0 Å². The van der Waals surface area contributed by atoms with E-state index in [1.54, 1.807) is 20.8 Å². The highest BCUT2D eigenvalue weighted by Crippen LogP contribution is 2.43. The lowest BCUT2D eigenvalue weighted by molar-refractivity contribution is -0.139. The molecule has 0 aliphatic rings. The molecule has 6 nitrogen and oxygen atoms in total. The lowest BCUT2D eigenvalue weighted by atomic mass is 10.1. The molecule has 0 aromatic heterocycles. The normalized spacial score (nSPS) is 15.1. The molecular weight excluding hydrogens is 362 g/mol. The first kappa shape index (κ1) is 25.9. The minimum atomic E-state index is -2.01. The van der Waals surface area contributed by atoms with E-state index in [1.807, 2.05) is 6.92 Å². The van der Waals surface area contributed by atoms with Gasteiger partial charge >= 0.3 is 12.1 Å². The number of nitrogens with one attached hydrogen (secondary N) is 1. The van der Waals surface area contributed by atoms with Crippen molar-refractivity contribution in [2.75, 3.05) is 0 Å². The molecule has 2 atom stereocenters. The van der Waals surface area contributed by atoms with Crippen LogP contribution in [-0.4, -0.2) is 43.2 Å². The fourth-order valence-corrected chi connectivity index (χ4v) is 9.56. The Morgan fingerprint density at radius 3 is 1.70 bits per heavy atom. The third-order valence-corrected chi connectivity index (χ3v) is 11.2. The Morgan fingerprint density at radius 1 is 0.926 bits per heavy atom. The van der Waals surface area contributed by atoms with Crippen molar-refractivity contribution in [2.45, 2.75) is 116 Å². The summed E-state index contributed by atoms with van der Waals surface area (Å²) in [6.45, 7) is 20.6. The SMILES string of the molecule is CC(CC[C@H](NC(=O)OC(C)(C)C)C(=O)O)O[Si](C(C)C)(C(C)C)C(C)C.